The summed E-state index contributed by atoms with van der Waals surface area (Å²) in [6.07, 6.45) is 3.35. The molecule has 1 aliphatic rings. The summed E-state index contributed by atoms with van der Waals surface area (Å²) in [6, 6.07) is 15.5. The summed E-state index contributed by atoms with van der Waals surface area (Å²) in [4.78, 5) is 42.0. The lowest BCUT2D eigenvalue weighted by molar-refractivity contribution is -0.133. The fourth-order valence-corrected chi connectivity index (χ4v) is 3.26. The fraction of sp³-hybridized carbons (Fsp3) is 0.160. The molecule has 33 heavy (non-hydrogen) atoms. The highest BCUT2D eigenvalue weighted by Gasteiger charge is 2.29. The minimum atomic E-state index is -0.721. The number of likely N-dealkylation sites (tertiary alicyclic amines) is 1. The molecule has 0 aromatic heterocycles. The number of hydrogen-bond acceptors (Lipinski definition) is 5. The molecule has 2 amide bonds. The molecule has 2 N–H and O–H groups in total. The number of piperidine rings is 1. The van der Waals surface area contributed by atoms with E-state index in [4.69, 9.17) is 16.9 Å². The lowest BCUT2D eigenvalue weighted by Crippen LogP contribution is -2.46. The minimum Gasteiger partial charge on any atom is -0.387 e. The molecule has 1 saturated heterocycles. The molecule has 2 aromatic carbocycles. The third kappa shape index (κ3) is 6.01. The van der Waals surface area contributed by atoms with E-state index >= 15 is 0 Å². The molecule has 0 unspecified atom stereocenters. The first-order valence-corrected chi connectivity index (χ1v) is 10.0. The van der Waals surface area contributed by atoms with E-state index in [0.717, 1.165) is 0 Å². The van der Waals surface area contributed by atoms with Crippen LogP contribution in [0.15, 0.2) is 59.7 Å². The third-order valence-corrected chi connectivity index (χ3v) is 4.98. The minimum absolute atomic E-state index is 0.0562. The van der Waals surface area contributed by atoms with Gasteiger partial charge in [-0.2, -0.15) is 5.26 Å². The number of aliphatic hydroxyl groups is 1. The van der Waals surface area contributed by atoms with Crippen LogP contribution in [0.25, 0.3) is 17.0 Å². The van der Waals surface area contributed by atoms with Crippen LogP contribution in [0.5, 0.6) is 0 Å². The molecule has 8 nitrogen and oxygen atoms in total. The average molecular weight is 440 g/mol. The lowest BCUT2D eigenvalue weighted by Gasteiger charge is -2.30. The molecule has 0 radical (unpaired) electrons. The van der Waals surface area contributed by atoms with Crippen LogP contribution in [0.1, 0.15) is 16.7 Å². The molecular weight excluding hydrogens is 420 g/mol. The first-order valence-electron chi connectivity index (χ1n) is 10.0. The Hall–Kier alpha value is -4.53. The predicted molar refractivity (Wildman–Crippen MR) is 121 cm³/mol. The Balaban J connectivity index is 1.93. The molecule has 0 aliphatic carbocycles. The van der Waals surface area contributed by atoms with Gasteiger partial charge in [0.25, 0.3) is 0 Å². The molecule has 2 aromatic rings. The van der Waals surface area contributed by atoms with Crippen molar-refractivity contribution in [3.8, 4) is 6.07 Å². The number of Topliss-reactive ketones (excluding diaryl/α,β-unsaturated/α-hetero) is 1. The first kappa shape index (κ1) is 23.1. The number of nitrogens with one attached hydrogen (secondary N) is 1. The monoisotopic (exact) mass is 440 g/mol. The van der Waals surface area contributed by atoms with Gasteiger partial charge in [-0.1, -0.05) is 36.4 Å². The van der Waals surface area contributed by atoms with Gasteiger partial charge in [0.2, 0.25) is 11.8 Å². The van der Waals surface area contributed by atoms with Gasteiger partial charge in [-0.05, 0) is 35.4 Å². The molecule has 1 fully saturated rings. The number of nitriles is 1. The standard InChI is InChI=1S/C25H20N4O4/c1-27-22-8-6-18(7-9-22)11-21-15-29(24(32)13-28-23(31)16-30)14-20(25(21)33)10-17-2-4-19(12-26)5-3-17/h2-11,30H,13-16H2,(H,28,31)/b20-10+,21-11+. The zero-order valence-corrected chi connectivity index (χ0v) is 17.6. The summed E-state index contributed by atoms with van der Waals surface area (Å²) < 4.78 is 0. The van der Waals surface area contributed by atoms with Crippen LogP contribution in [0.3, 0.4) is 0 Å². The highest BCUT2D eigenvalue weighted by atomic mass is 16.3. The van der Waals surface area contributed by atoms with Crippen molar-refractivity contribution in [2.75, 3.05) is 26.2 Å². The van der Waals surface area contributed by atoms with Crippen LogP contribution in [-0.4, -0.2) is 53.8 Å². The van der Waals surface area contributed by atoms with E-state index in [9.17, 15) is 14.4 Å². The maximum atomic E-state index is 13.2. The molecule has 0 saturated carbocycles. The molecule has 8 heteroatoms. The summed E-state index contributed by atoms with van der Waals surface area (Å²) in [5.41, 5.74) is 3.17. The SMILES string of the molecule is [C-]#[N+]c1ccc(/C=C2\CN(C(=O)CNC(=O)CO)C/C(=C\c3ccc(C#N)cc3)C2=O)cc1. The number of benzene rings is 2. The van der Waals surface area contributed by atoms with Crippen molar-refractivity contribution in [1.29, 1.82) is 5.26 Å². The molecule has 3 rings (SSSR count). The van der Waals surface area contributed by atoms with Gasteiger partial charge >= 0.3 is 0 Å². The van der Waals surface area contributed by atoms with Crippen molar-refractivity contribution >= 4 is 35.4 Å². The number of hydrogen-bond donors (Lipinski definition) is 2. The molecular formula is C25H20N4O4. The molecule has 1 heterocycles. The van der Waals surface area contributed by atoms with Gasteiger partial charge in [0, 0.05) is 24.2 Å². The van der Waals surface area contributed by atoms with Crippen molar-refractivity contribution in [3.63, 3.8) is 0 Å². The van der Waals surface area contributed by atoms with Crippen molar-refractivity contribution in [3.05, 3.63) is 87.8 Å². The summed E-state index contributed by atoms with van der Waals surface area (Å²) in [5.74, 6) is -1.28. The van der Waals surface area contributed by atoms with Gasteiger partial charge in [-0.25, -0.2) is 4.85 Å². The summed E-state index contributed by atoms with van der Waals surface area (Å²) in [7, 11) is 0. The second-order valence-corrected chi connectivity index (χ2v) is 7.29. The Labute approximate surface area is 190 Å². The second kappa shape index (κ2) is 10.7. The number of aliphatic hydroxyl groups excluding tert-OH is 1. The van der Waals surface area contributed by atoms with Crippen LogP contribution < -0.4 is 5.32 Å². The Kier molecular flexibility index (Phi) is 7.48. The molecule has 0 spiro atoms. The summed E-state index contributed by atoms with van der Waals surface area (Å²) in [6.45, 7) is 6.15. The highest BCUT2D eigenvalue weighted by molar-refractivity contribution is 6.15. The van der Waals surface area contributed by atoms with E-state index in [1.54, 1.807) is 60.7 Å². The Bertz CT molecular complexity index is 1130. The molecule has 1 aliphatic heterocycles. The van der Waals surface area contributed by atoms with Crippen LogP contribution in [0.4, 0.5) is 5.69 Å². The first-order chi connectivity index (χ1) is 15.9. The van der Waals surface area contributed by atoms with Gasteiger partial charge in [-0.3, -0.25) is 14.4 Å². The Morgan fingerprint density at radius 1 is 1.06 bits per heavy atom. The lowest BCUT2D eigenvalue weighted by atomic mass is 9.94. The Morgan fingerprint density at radius 3 is 2.09 bits per heavy atom. The maximum absolute atomic E-state index is 13.2. The average Bonchev–Trinajstić information content (AvgIpc) is 2.85. The van der Waals surface area contributed by atoms with E-state index in [1.807, 2.05) is 6.07 Å². The van der Waals surface area contributed by atoms with Crippen molar-refractivity contribution in [2.45, 2.75) is 0 Å². The summed E-state index contributed by atoms with van der Waals surface area (Å²) >= 11 is 0. The zero-order valence-electron chi connectivity index (χ0n) is 17.6. The number of ketones is 1. The predicted octanol–water partition coefficient (Wildman–Crippen LogP) is 2.10. The quantitative estimate of drug-likeness (QED) is 0.546. The van der Waals surface area contributed by atoms with Crippen LogP contribution in [-0.2, 0) is 14.4 Å². The highest BCUT2D eigenvalue weighted by Crippen LogP contribution is 2.23. The summed E-state index contributed by atoms with van der Waals surface area (Å²) in [5, 5.41) is 20.1. The number of rotatable bonds is 5. The van der Waals surface area contributed by atoms with E-state index < -0.39 is 18.4 Å². The van der Waals surface area contributed by atoms with E-state index in [-0.39, 0.29) is 25.4 Å². The molecule has 0 bridgehead atoms. The normalized spacial score (nSPS) is 15.7. The smallest absolute Gasteiger partial charge is 0.246 e. The molecule has 0 atom stereocenters. The topological polar surface area (TPSA) is 115 Å². The van der Waals surface area contributed by atoms with E-state index in [2.05, 4.69) is 10.2 Å². The van der Waals surface area contributed by atoms with Crippen molar-refractivity contribution in [1.82, 2.24) is 10.2 Å². The zero-order chi connectivity index (χ0) is 23.8. The number of carbonyl (C=O) groups is 3. The number of carbonyl (C=O) groups excluding carboxylic acids is 3. The molecule has 164 valence electrons. The van der Waals surface area contributed by atoms with Crippen LogP contribution in [0, 0.1) is 17.9 Å². The van der Waals surface area contributed by atoms with Gasteiger partial charge in [0.15, 0.2) is 11.5 Å². The van der Waals surface area contributed by atoms with Crippen LogP contribution >= 0.6 is 0 Å². The van der Waals surface area contributed by atoms with Crippen LogP contribution in [0.2, 0.25) is 0 Å². The van der Waals surface area contributed by atoms with Crippen molar-refractivity contribution < 1.29 is 19.5 Å². The third-order valence-electron chi connectivity index (χ3n) is 4.98. The van der Waals surface area contributed by atoms with E-state index in [0.29, 0.717) is 33.5 Å². The van der Waals surface area contributed by atoms with Gasteiger partial charge in [-0.15, -0.1) is 0 Å². The van der Waals surface area contributed by atoms with Crippen molar-refractivity contribution in [2.24, 2.45) is 0 Å². The van der Waals surface area contributed by atoms with Gasteiger partial charge in [0.1, 0.15) is 6.61 Å². The van der Waals surface area contributed by atoms with Gasteiger partial charge in [0.05, 0.1) is 24.7 Å². The Morgan fingerprint density at radius 2 is 1.61 bits per heavy atom. The largest absolute Gasteiger partial charge is 0.387 e. The number of nitrogens with zero attached hydrogens (tertiary/aromatic N) is 3. The number of amides is 2. The van der Waals surface area contributed by atoms with E-state index in [1.165, 1.54) is 4.90 Å². The van der Waals surface area contributed by atoms with Gasteiger partial charge < -0.3 is 15.3 Å². The fourth-order valence-electron chi connectivity index (χ4n) is 3.26. The maximum Gasteiger partial charge on any atom is 0.246 e. The second-order valence-electron chi connectivity index (χ2n) is 7.29.